The van der Waals surface area contributed by atoms with E-state index in [0.717, 1.165) is 49.9 Å². The molecular formula is C30H34F3N7O2. The van der Waals surface area contributed by atoms with Gasteiger partial charge in [-0.25, -0.2) is 9.97 Å². The number of aromatic nitrogens is 3. The van der Waals surface area contributed by atoms with Crippen LogP contribution in [-0.2, 0) is 24.6 Å². The lowest BCUT2D eigenvalue weighted by Crippen LogP contribution is -2.45. The molecule has 42 heavy (non-hydrogen) atoms. The summed E-state index contributed by atoms with van der Waals surface area (Å²) in [6.07, 6.45) is -2.95. The molecule has 0 spiro atoms. The molecule has 0 saturated carbocycles. The van der Waals surface area contributed by atoms with Gasteiger partial charge >= 0.3 is 6.18 Å². The Labute approximate surface area is 242 Å². The summed E-state index contributed by atoms with van der Waals surface area (Å²) >= 11 is 0. The fraction of sp³-hybridized carbons (Fsp3) is 0.367. The molecule has 1 aliphatic heterocycles. The standard InChI is InChI=1S/C30H34F3N7O2/c1-5-39-12-14-40(15-13-39)18-21-6-7-22(16-24(21)30(31,32)33)36-29-37-25-8-9-26(19(2)28(25)38(29)4)42-23-10-11-34-27(17-23)35-20(3)41/h6-11,16-17H,5,12-15,18H2,1-4H3,(H,36,37)(H,34,35,41). The number of anilines is 3. The van der Waals surface area contributed by atoms with Crippen LogP contribution in [0.1, 0.15) is 30.5 Å². The number of rotatable bonds is 8. The smallest absolute Gasteiger partial charge is 0.416 e. The average molecular weight is 582 g/mol. The number of benzene rings is 2. The zero-order valence-corrected chi connectivity index (χ0v) is 24.0. The highest BCUT2D eigenvalue weighted by Crippen LogP contribution is 2.36. The van der Waals surface area contributed by atoms with Crippen LogP contribution in [0, 0.1) is 6.92 Å². The molecule has 0 atom stereocenters. The minimum absolute atomic E-state index is 0.241. The van der Waals surface area contributed by atoms with Crippen LogP contribution in [-0.4, -0.2) is 63.0 Å². The van der Waals surface area contributed by atoms with E-state index in [1.807, 2.05) is 6.92 Å². The van der Waals surface area contributed by atoms with Crippen LogP contribution < -0.4 is 15.4 Å². The Balaban J connectivity index is 1.38. The largest absolute Gasteiger partial charge is 0.457 e. The molecule has 9 nitrogen and oxygen atoms in total. The third kappa shape index (κ3) is 6.50. The fourth-order valence-corrected chi connectivity index (χ4v) is 5.24. The molecule has 2 aromatic heterocycles. The number of halogens is 3. The summed E-state index contributed by atoms with van der Waals surface area (Å²) in [5, 5.41) is 5.71. The Hall–Kier alpha value is -4.16. The molecule has 0 bridgehead atoms. The zero-order valence-electron chi connectivity index (χ0n) is 24.0. The van der Waals surface area contributed by atoms with E-state index in [4.69, 9.17) is 4.74 Å². The van der Waals surface area contributed by atoms with Crippen molar-refractivity contribution in [3.8, 4) is 11.5 Å². The molecule has 5 rings (SSSR count). The van der Waals surface area contributed by atoms with Gasteiger partial charge in [0.1, 0.15) is 17.3 Å². The van der Waals surface area contributed by atoms with E-state index >= 15 is 0 Å². The fourth-order valence-electron chi connectivity index (χ4n) is 5.24. The maximum atomic E-state index is 14.1. The van der Waals surface area contributed by atoms with Crippen molar-refractivity contribution >= 4 is 34.4 Å². The number of carbonyl (C=O) groups is 1. The van der Waals surface area contributed by atoms with Crippen molar-refractivity contribution in [2.24, 2.45) is 7.05 Å². The number of alkyl halides is 3. The normalized spacial score (nSPS) is 14.7. The first kappa shape index (κ1) is 29.3. The second-order valence-electron chi connectivity index (χ2n) is 10.4. The van der Waals surface area contributed by atoms with E-state index in [-0.39, 0.29) is 18.0 Å². The second kappa shape index (κ2) is 12.0. The first-order chi connectivity index (χ1) is 20.0. The maximum absolute atomic E-state index is 14.1. The summed E-state index contributed by atoms with van der Waals surface area (Å²) in [4.78, 5) is 24.5. The van der Waals surface area contributed by atoms with Crippen LogP contribution >= 0.6 is 0 Å². The van der Waals surface area contributed by atoms with Crippen molar-refractivity contribution in [1.29, 1.82) is 0 Å². The molecule has 3 heterocycles. The van der Waals surface area contributed by atoms with Crippen molar-refractivity contribution in [3.63, 3.8) is 0 Å². The molecule has 4 aromatic rings. The molecule has 0 radical (unpaired) electrons. The number of fused-ring (bicyclic) bond motifs is 1. The predicted molar refractivity (Wildman–Crippen MR) is 156 cm³/mol. The van der Waals surface area contributed by atoms with Gasteiger partial charge in [-0.05, 0) is 49.4 Å². The molecule has 2 N–H and O–H groups in total. The van der Waals surface area contributed by atoms with Crippen molar-refractivity contribution in [1.82, 2.24) is 24.3 Å². The molecule has 12 heteroatoms. The number of ether oxygens (including phenoxy) is 1. The van der Waals surface area contributed by atoms with E-state index in [1.54, 1.807) is 48.0 Å². The number of nitrogens with zero attached hydrogens (tertiary/aromatic N) is 5. The number of hydrogen-bond donors (Lipinski definition) is 2. The molecule has 1 fully saturated rings. The molecule has 2 aromatic carbocycles. The highest BCUT2D eigenvalue weighted by molar-refractivity contribution is 5.88. The second-order valence-corrected chi connectivity index (χ2v) is 10.4. The number of nitrogens with one attached hydrogen (secondary N) is 2. The summed E-state index contributed by atoms with van der Waals surface area (Å²) in [7, 11) is 1.80. The Morgan fingerprint density at radius 1 is 1.05 bits per heavy atom. The van der Waals surface area contributed by atoms with Crippen LogP contribution in [0.15, 0.2) is 48.7 Å². The van der Waals surface area contributed by atoms with Crippen LogP contribution in [0.2, 0.25) is 0 Å². The van der Waals surface area contributed by atoms with Crippen molar-refractivity contribution in [2.45, 2.75) is 33.5 Å². The summed E-state index contributed by atoms with van der Waals surface area (Å²) in [5.41, 5.74) is 2.15. The number of aryl methyl sites for hydroxylation is 2. The van der Waals surface area contributed by atoms with Gasteiger partial charge in [0.2, 0.25) is 11.9 Å². The molecule has 1 aliphatic rings. The SMILES string of the molecule is CCN1CCN(Cc2ccc(Nc3nc4ccc(Oc5ccnc(NC(C)=O)c5)c(C)c4n3C)cc2C(F)(F)F)CC1. The number of likely N-dealkylation sites (N-methyl/N-ethyl adjacent to an activating group) is 1. The highest BCUT2D eigenvalue weighted by atomic mass is 19.4. The van der Waals surface area contributed by atoms with E-state index in [0.29, 0.717) is 34.5 Å². The zero-order chi connectivity index (χ0) is 30.0. The van der Waals surface area contributed by atoms with Gasteiger partial charge in [0, 0.05) is 70.2 Å². The van der Waals surface area contributed by atoms with Crippen molar-refractivity contribution < 1.29 is 22.7 Å². The van der Waals surface area contributed by atoms with E-state index in [9.17, 15) is 18.0 Å². The summed E-state index contributed by atoms with van der Waals surface area (Å²) in [6, 6.07) is 11.3. The number of amides is 1. The Bertz CT molecular complexity index is 1590. The number of hydrogen-bond acceptors (Lipinski definition) is 7. The Kier molecular flexibility index (Phi) is 8.37. The first-order valence-electron chi connectivity index (χ1n) is 13.8. The monoisotopic (exact) mass is 581 g/mol. The van der Waals surface area contributed by atoms with Gasteiger partial charge in [0.15, 0.2) is 0 Å². The number of imidazole rings is 1. The number of pyridine rings is 1. The molecule has 0 aliphatic carbocycles. The van der Waals surface area contributed by atoms with Crippen LogP contribution in [0.25, 0.3) is 11.0 Å². The minimum atomic E-state index is -4.49. The van der Waals surface area contributed by atoms with E-state index in [1.165, 1.54) is 13.1 Å². The van der Waals surface area contributed by atoms with E-state index in [2.05, 4.69) is 37.3 Å². The molecular weight excluding hydrogens is 547 g/mol. The summed E-state index contributed by atoms with van der Waals surface area (Å²) < 4.78 is 50.3. The minimum Gasteiger partial charge on any atom is -0.457 e. The van der Waals surface area contributed by atoms with Crippen molar-refractivity contribution in [3.05, 3.63) is 65.4 Å². The Morgan fingerprint density at radius 3 is 2.48 bits per heavy atom. The molecule has 0 unspecified atom stereocenters. The number of piperazine rings is 1. The summed E-state index contributed by atoms with van der Waals surface area (Å²) in [6.45, 7) is 9.78. The summed E-state index contributed by atoms with van der Waals surface area (Å²) in [5.74, 6) is 1.59. The van der Waals surface area contributed by atoms with Crippen molar-refractivity contribution in [2.75, 3.05) is 43.4 Å². The lowest BCUT2D eigenvalue weighted by atomic mass is 10.0. The predicted octanol–water partition coefficient (Wildman–Crippen LogP) is 5.93. The average Bonchev–Trinajstić information content (AvgIpc) is 3.26. The van der Waals surface area contributed by atoms with E-state index < -0.39 is 11.7 Å². The molecule has 1 amide bonds. The Morgan fingerprint density at radius 2 is 1.79 bits per heavy atom. The lowest BCUT2D eigenvalue weighted by molar-refractivity contribution is -0.138. The first-order valence-corrected chi connectivity index (χ1v) is 13.8. The van der Waals surface area contributed by atoms with Gasteiger partial charge in [0.05, 0.1) is 16.6 Å². The highest BCUT2D eigenvalue weighted by Gasteiger charge is 2.34. The van der Waals surface area contributed by atoms with Gasteiger partial charge in [-0.1, -0.05) is 13.0 Å². The van der Waals surface area contributed by atoms with Crippen LogP contribution in [0.3, 0.4) is 0 Å². The topological polar surface area (TPSA) is 87.6 Å². The van der Waals surface area contributed by atoms with Gasteiger partial charge < -0.3 is 24.8 Å². The molecule has 222 valence electrons. The third-order valence-electron chi connectivity index (χ3n) is 7.48. The van der Waals surface area contributed by atoms with Crippen LogP contribution in [0.4, 0.5) is 30.6 Å². The van der Waals surface area contributed by atoms with Gasteiger partial charge in [-0.3, -0.25) is 9.69 Å². The van der Waals surface area contributed by atoms with Gasteiger partial charge in [-0.2, -0.15) is 13.2 Å². The quantitative estimate of drug-likeness (QED) is 0.267. The van der Waals surface area contributed by atoms with Crippen LogP contribution in [0.5, 0.6) is 11.5 Å². The molecule has 1 saturated heterocycles. The van der Waals surface area contributed by atoms with Gasteiger partial charge in [0.25, 0.3) is 0 Å². The maximum Gasteiger partial charge on any atom is 0.416 e. The lowest BCUT2D eigenvalue weighted by Gasteiger charge is -2.34. The van der Waals surface area contributed by atoms with Gasteiger partial charge in [-0.15, -0.1) is 0 Å². The number of carbonyl (C=O) groups excluding carboxylic acids is 1. The third-order valence-corrected chi connectivity index (χ3v) is 7.48.